The number of aryl methyl sites for hydroxylation is 1. The lowest BCUT2D eigenvalue weighted by Gasteiger charge is -2.19. The van der Waals surface area contributed by atoms with Crippen LogP contribution in [0.15, 0.2) is 170 Å². The van der Waals surface area contributed by atoms with Gasteiger partial charge in [0.25, 0.3) is 0 Å². The topological polar surface area (TPSA) is 23.8 Å². The Morgan fingerprint density at radius 3 is 1.06 bits per heavy atom. The van der Waals surface area contributed by atoms with Crippen molar-refractivity contribution in [3.05, 3.63) is 181 Å². The maximum Gasteiger partial charge on any atom is 0.0991 e. The molecule has 0 saturated carbocycles. The van der Waals surface area contributed by atoms with Crippen molar-refractivity contribution in [1.82, 2.24) is 0 Å². The Morgan fingerprint density at radius 2 is 0.653 bits per heavy atom. The Bertz CT molecular complexity index is 2690. The molecule has 0 fully saturated rings. The van der Waals surface area contributed by atoms with Crippen molar-refractivity contribution in [2.24, 2.45) is 0 Å². The van der Waals surface area contributed by atoms with E-state index in [1.165, 1.54) is 87.6 Å². The summed E-state index contributed by atoms with van der Waals surface area (Å²) in [5.74, 6) is 0. The van der Waals surface area contributed by atoms with Crippen LogP contribution >= 0.6 is 0 Å². The highest BCUT2D eigenvalue weighted by Crippen LogP contribution is 2.46. The minimum Gasteiger partial charge on any atom is -0.192 e. The van der Waals surface area contributed by atoms with Crippen LogP contribution in [0.1, 0.15) is 11.1 Å². The van der Waals surface area contributed by atoms with Crippen LogP contribution in [0.5, 0.6) is 0 Å². The van der Waals surface area contributed by atoms with Crippen LogP contribution in [0.2, 0.25) is 0 Å². The molecular formula is C48H31N. The summed E-state index contributed by atoms with van der Waals surface area (Å²) in [5, 5.41) is 19.3. The zero-order valence-electron chi connectivity index (χ0n) is 27.1. The third kappa shape index (κ3) is 4.69. The third-order valence-electron chi connectivity index (χ3n) is 9.94. The highest BCUT2D eigenvalue weighted by Gasteiger charge is 2.19. The molecule has 49 heavy (non-hydrogen) atoms. The Kier molecular flexibility index (Phi) is 6.82. The summed E-state index contributed by atoms with van der Waals surface area (Å²) < 4.78 is 0. The van der Waals surface area contributed by atoms with Crippen LogP contribution in [-0.4, -0.2) is 0 Å². The largest absolute Gasteiger partial charge is 0.192 e. The first-order chi connectivity index (χ1) is 24.2. The second kappa shape index (κ2) is 11.6. The van der Waals surface area contributed by atoms with Gasteiger partial charge in [0.2, 0.25) is 0 Å². The molecule has 9 aromatic carbocycles. The van der Waals surface area contributed by atoms with Gasteiger partial charge in [-0.05, 0) is 107 Å². The molecule has 9 rings (SSSR count). The van der Waals surface area contributed by atoms with Gasteiger partial charge in [0.05, 0.1) is 11.6 Å². The fourth-order valence-corrected chi connectivity index (χ4v) is 7.78. The maximum atomic E-state index is 9.45. The van der Waals surface area contributed by atoms with Crippen molar-refractivity contribution in [3.63, 3.8) is 0 Å². The van der Waals surface area contributed by atoms with Crippen molar-refractivity contribution in [1.29, 1.82) is 5.26 Å². The average Bonchev–Trinajstić information content (AvgIpc) is 3.16. The average molecular weight is 622 g/mol. The molecule has 0 aromatic heterocycles. The van der Waals surface area contributed by atoms with E-state index in [1.807, 2.05) is 12.1 Å². The van der Waals surface area contributed by atoms with E-state index in [2.05, 4.69) is 171 Å². The zero-order valence-corrected chi connectivity index (χ0v) is 27.1. The minimum atomic E-state index is 0.667. The van der Waals surface area contributed by atoms with Gasteiger partial charge in [-0.1, -0.05) is 163 Å². The molecule has 0 aliphatic rings. The van der Waals surface area contributed by atoms with Crippen molar-refractivity contribution in [2.45, 2.75) is 6.92 Å². The number of benzene rings is 9. The van der Waals surface area contributed by atoms with Crippen LogP contribution in [0.4, 0.5) is 0 Å². The summed E-state index contributed by atoms with van der Waals surface area (Å²) in [7, 11) is 0. The predicted molar refractivity (Wildman–Crippen MR) is 208 cm³/mol. The number of fused-ring (bicyclic) bond motifs is 4. The highest BCUT2D eigenvalue weighted by molar-refractivity contribution is 6.23. The fraction of sp³-hybridized carbons (Fsp3) is 0.0208. The molecule has 0 aliphatic carbocycles. The summed E-state index contributed by atoms with van der Waals surface area (Å²) in [6.07, 6.45) is 0. The number of nitrogens with zero attached hydrogens (tertiary/aromatic N) is 1. The van der Waals surface area contributed by atoms with E-state index in [4.69, 9.17) is 0 Å². The molecule has 0 bridgehead atoms. The molecule has 0 amide bonds. The number of nitriles is 1. The number of hydrogen-bond donors (Lipinski definition) is 0. The molecule has 0 N–H and O–H groups in total. The smallest absolute Gasteiger partial charge is 0.0991 e. The Morgan fingerprint density at radius 1 is 0.327 bits per heavy atom. The molecule has 0 aliphatic heterocycles. The summed E-state index contributed by atoms with van der Waals surface area (Å²) in [6.45, 7) is 2.16. The summed E-state index contributed by atoms with van der Waals surface area (Å²) in [4.78, 5) is 0. The Hall–Kier alpha value is -6.49. The molecule has 0 unspecified atom stereocenters. The zero-order chi connectivity index (χ0) is 32.9. The normalized spacial score (nSPS) is 11.3. The SMILES string of the molecule is Cc1ccc2c(-c3ccc(-c4c5ccccc5c(-c5ccccc5)c5ccccc45)cc3)c3ccccc3c(-c3ccc(C#N)cc3)c2c1. The number of rotatable bonds is 4. The first kappa shape index (κ1) is 28.7. The lowest BCUT2D eigenvalue weighted by Crippen LogP contribution is -1.92. The summed E-state index contributed by atoms with van der Waals surface area (Å²) >= 11 is 0. The van der Waals surface area contributed by atoms with Gasteiger partial charge < -0.3 is 0 Å². The lowest BCUT2D eigenvalue weighted by atomic mass is 9.84. The van der Waals surface area contributed by atoms with Crippen LogP contribution in [-0.2, 0) is 0 Å². The predicted octanol–water partition coefficient (Wildman–Crippen LogP) is 13.1. The fourth-order valence-electron chi connectivity index (χ4n) is 7.78. The quantitative estimate of drug-likeness (QED) is 0.179. The second-order valence-corrected chi connectivity index (χ2v) is 12.8. The van der Waals surface area contributed by atoms with E-state index in [-0.39, 0.29) is 0 Å². The molecule has 1 heteroatoms. The molecular weight excluding hydrogens is 591 g/mol. The van der Waals surface area contributed by atoms with E-state index in [0.717, 1.165) is 5.56 Å². The standard InChI is InChI=1S/C48H31N/c1-31-19-28-43-44(29-31)48(34-22-20-32(30-49)21-23-34)42-18-10-9-17-41(42)47(43)36-26-24-35(25-27-36)46-39-15-7-5-13-37(39)45(33-11-3-2-4-12-33)38-14-6-8-16-40(38)46/h2-29H,1H3. The van der Waals surface area contributed by atoms with Gasteiger partial charge >= 0.3 is 0 Å². The van der Waals surface area contributed by atoms with Gasteiger partial charge in [0.15, 0.2) is 0 Å². The lowest BCUT2D eigenvalue weighted by molar-refractivity contribution is 1.48. The van der Waals surface area contributed by atoms with E-state index in [1.54, 1.807) is 0 Å². The highest BCUT2D eigenvalue weighted by atomic mass is 14.2. The first-order valence-electron chi connectivity index (χ1n) is 16.7. The van der Waals surface area contributed by atoms with E-state index < -0.39 is 0 Å². The molecule has 0 atom stereocenters. The van der Waals surface area contributed by atoms with Gasteiger partial charge in [-0.15, -0.1) is 0 Å². The molecule has 9 aromatic rings. The van der Waals surface area contributed by atoms with Gasteiger partial charge in [0, 0.05) is 0 Å². The third-order valence-corrected chi connectivity index (χ3v) is 9.94. The molecule has 0 saturated heterocycles. The van der Waals surface area contributed by atoms with Gasteiger partial charge in [-0.2, -0.15) is 5.26 Å². The van der Waals surface area contributed by atoms with Gasteiger partial charge in [-0.3, -0.25) is 0 Å². The van der Waals surface area contributed by atoms with Crippen molar-refractivity contribution in [3.8, 4) is 50.6 Å². The van der Waals surface area contributed by atoms with Crippen molar-refractivity contribution >= 4 is 43.1 Å². The first-order valence-corrected chi connectivity index (χ1v) is 16.7. The van der Waals surface area contributed by atoms with Gasteiger partial charge in [-0.25, -0.2) is 0 Å². The minimum absolute atomic E-state index is 0.667. The van der Waals surface area contributed by atoms with E-state index in [0.29, 0.717) is 5.56 Å². The molecule has 1 nitrogen and oxygen atoms in total. The van der Waals surface area contributed by atoms with E-state index in [9.17, 15) is 5.26 Å². The maximum absolute atomic E-state index is 9.45. The van der Waals surface area contributed by atoms with E-state index >= 15 is 0 Å². The van der Waals surface area contributed by atoms with Crippen LogP contribution in [0, 0.1) is 18.3 Å². The van der Waals surface area contributed by atoms with Crippen LogP contribution in [0.3, 0.4) is 0 Å². The molecule has 0 spiro atoms. The van der Waals surface area contributed by atoms with Gasteiger partial charge in [0.1, 0.15) is 0 Å². The second-order valence-electron chi connectivity index (χ2n) is 12.8. The number of hydrogen-bond acceptors (Lipinski definition) is 1. The molecule has 0 heterocycles. The van der Waals surface area contributed by atoms with Crippen molar-refractivity contribution in [2.75, 3.05) is 0 Å². The summed E-state index contributed by atoms with van der Waals surface area (Å²) in [5.41, 5.74) is 11.6. The summed E-state index contributed by atoms with van der Waals surface area (Å²) in [6, 6.07) is 63.4. The molecule has 228 valence electrons. The Balaban J connectivity index is 1.28. The van der Waals surface area contributed by atoms with Crippen molar-refractivity contribution < 1.29 is 0 Å². The monoisotopic (exact) mass is 621 g/mol. The molecule has 0 radical (unpaired) electrons. The van der Waals surface area contributed by atoms with Crippen LogP contribution in [0.25, 0.3) is 87.6 Å². The van der Waals surface area contributed by atoms with Crippen LogP contribution < -0.4 is 0 Å². The Labute approximate surface area is 286 Å².